The molecule has 1 aliphatic heterocycles. The van der Waals surface area contributed by atoms with Crippen LogP contribution in [0, 0.1) is 5.92 Å². The molecule has 4 nitrogen and oxygen atoms in total. The SMILES string of the molecule is CC1CC(CCOCc2ccccc2)C(=O)NC=N1. The Labute approximate surface area is 113 Å². The smallest absolute Gasteiger partial charge is 0.228 e. The Morgan fingerprint density at radius 3 is 2.95 bits per heavy atom. The number of amides is 1. The molecule has 0 aliphatic carbocycles. The third-order valence-electron chi connectivity index (χ3n) is 3.25. The molecule has 0 fully saturated rings. The highest BCUT2D eigenvalue weighted by atomic mass is 16.5. The average molecular weight is 260 g/mol. The molecule has 0 saturated carbocycles. The molecule has 0 saturated heterocycles. The Bertz CT molecular complexity index is 431. The van der Waals surface area contributed by atoms with Crippen LogP contribution in [0.1, 0.15) is 25.3 Å². The van der Waals surface area contributed by atoms with Gasteiger partial charge >= 0.3 is 0 Å². The number of aliphatic imine (C=N–C) groups is 1. The van der Waals surface area contributed by atoms with E-state index in [4.69, 9.17) is 4.74 Å². The Kier molecular flexibility index (Phi) is 5.10. The normalized spacial score (nSPS) is 22.9. The third-order valence-corrected chi connectivity index (χ3v) is 3.25. The second-order valence-electron chi connectivity index (χ2n) is 4.90. The van der Waals surface area contributed by atoms with Gasteiger partial charge in [0.1, 0.15) is 0 Å². The van der Waals surface area contributed by atoms with Crippen LogP contribution >= 0.6 is 0 Å². The second kappa shape index (κ2) is 7.04. The Hall–Kier alpha value is -1.68. The molecule has 19 heavy (non-hydrogen) atoms. The number of carbonyl (C=O) groups is 1. The molecule has 2 unspecified atom stereocenters. The topological polar surface area (TPSA) is 50.7 Å². The summed E-state index contributed by atoms with van der Waals surface area (Å²) in [6.45, 7) is 3.22. The van der Waals surface area contributed by atoms with Gasteiger partial charge in [0.25, 0.3) is 0 Å². The molecule has 2 rings (SSSR count). The van der Waals surface area contributed by atoms with Crippen molar-refractivity contribution in [1.82, 2.24) is 5.32 Å². The van der Waals surface area contributed by atoms with Crippen molar-refractivity contribution in [1.29, 1.82) is 0 Å². The van der Waals surface area contributed by atoms with Crippen molar-refractivity contribution in [3.8, 4) is 0 Å². The van der Waals surface area contributed by atoms with E-state index < -0.39 is 0 Å². The highest BCUT2D eigenvalue weighted by Gasteiger charge is 2.22. The predicted molar refractivity (Wildman–Crippen MR) is 74.9 cm³/mol. The maximum absolute atomic E-state index is 11.8. The molecule has 0 aromatic heterocycles. The molecular formula is C15H20N2O2. The number of nitrogens with one attached hydrogen (secondary N) is 1. The first-order valence-corrected chi connectivity index (χ1v) is 6.69. The van der Waals surface area contributed by atoms with Gasteiger partial charge in [-0.1, -0.05) is 30.3 Å². The first kappa shape index (κ1) is 13.7. The van der Waals surface area contributed by atoms with Gasteiger partial charge in [-0.15, -0.1) is 0 Å². The maximum Gasteiger partial charge on any atom is 0.228 e. The standard InChI is InChI=1S/C15H20N2O2/c1-12-9-14(15(18)17-11-16-12)7-8-19-10-13-5-3-2-4-6-13/h2-6,11-12,14H,7-10H2,1H3,(H,16,17,18). The van der Waals surface area contributed by atoms with Crippen LogP contribution in [-0.2, 0) is 16.1 Å². The zero-order valence-electron chi connectivity index (χ0n) is 11.2. The zero-order chi connectivity index (χ0) is 13.5. The quantitative estimate of drug-likeness (QED) is 0.825. The van der Waals surface area contributed by atoms with Gasteiger partial charge in [-0.3, -0.25) is 9.79 Å². The molecule has 0 radical (unpaired) electrons. The van der Waals surface area contributed by atoms with E-state index in [0.717, 1.165) is 18.4 Å². The number of nitrogens with zero attached hydrogens (tertiary/aromatic N) is 1. The van der Waals surface area contributed by atoms with Gasteiger partial charge in [0.2, 0.25) is 5.91 Å². The van der Waals surface area contributed by atoms with Gasteiger partial charge < -0.3 is 10.1 Å². The van der Waals surface area contributed by atoms with Crippen LogP contribution in [0.5, 0.6) is 0 Å². The molecule has 1 heterocycles. The van der Waals surface area contributed by atoms with Gasteiger partial charge in [0, 0.05) is 18.6 Å². The van der Waals surface area contributed by atoms with Crippen molar-refractivity contribution in [2.45, 2.75) is 32.4 Å². The van der Waals surface area contributed by atoms with E-state index in [9.17, 15) is 4.79 Å². The second-order valence-corrected chi connectivity index (χ2v) is 4.90. The molecule has 1 aromatic rings. The minimum atomic E-state index is -0.00623. The van der Waals surface area contributed by atoms with E-state index in [0.29, 0.717) is 13.2 Å². The van der Waals surface area contributed by atoms with Gasteiger partial charge in [0.15, 0.2) is 0 Å². The summed E-state index contributed by atoms with van der Waals surface area (Å²) in [5, 5.41) is 2.70. The zero-order valence-corrected chi connectivity index (χ0v) is 11.2. The Morgan fingerprint density at radius 1 is 1.37 bits per heavy atom. The molecule has 0 spiro atoms. The van der Waals surface area contributed by atoms with Crippen LogP contribution in [0.4, 0.5) is 0 Å². The highest BCUT2D eigenvalue weighted by Crippen LogP contribution is 2.16. The van der Waals surface area contributed by atoms with Crippen LogP contribution < -0.4 is 5.32 Å². The number of benzene rings is 1. The number of rotatable bonds is 5. The van der Waals surface area contributed by atoms with Crippen LogP contribution in [0.2, 0.25) is 0 Å². The number of carbonyl (C=O) groups excluding carboxylic acids is 1. The minimum Gasteiger partial charge on any atom is -0.377 e. The van der Waals surface area contributed by atoms with Gasteiger partial charge in [-0.25, -0.2) is 0 Å². The summed E-state index contributed by atoms with van der Waals surface area (Å²) in [4.78, 5) is 16.0. The molecule has 2 atom stereocenters. The van der Waals surface area contributed by atoms with Crippen molar-refractivity contribution >= 4 is 12.2 Å². The Balaban J connectivity index is 1.71. The molecule has 0 bridgehead atoms. The summed E-state index contributed by atoms with van der Waals surface area (Å²) in [6.07, 6.45) is 3.04. The van der Waals surface area contributed by atoms with Crippen LogP contribution in [0.25, 0.3) is 0 Å². The van der Waals surface area contributed by atoms with E-state index in [1.807, 2.05) is 37.3 Å². The van der Waals surface area contributed by atoms with Crippen molar-refractivity contribution < 1.29 is 9.53 Å². The lowest BCUT2D eigenvalue weighted by Gasteiger charge is -2.14. The van der Waals surface area contributed by atoms with E-state index in [1.54, 1.807) is 0 Å². The van der Waals surface area contributed by atoms with E-state index >= 15 is 0 Å². The fraction of sp³-hybridized carbons (Fsp3) is 0.467. The van der Waals surface area contributed by atoms with Crippen molar-refractivity contribution in [3.63, 3.8) is 0 Å². The highest BCUT2D eigenvalue weighted by molar-refractivity contribution is 5.89. The van der Waals surface area contributed by atoms with Crippen LogP contribution in [-0.4, -0.2) is 24.9 Å². The van der Waals surface area contributed by atoms with Gasteiger partial charge in [0.05, 0.1) is 12.9 Å². The first-order chi connectivity index (χ1) is 9.25. The fourth-order valence-corrected chi connectivity index (χ4v) is 2.16. The maximum atomic E-state index is 11.8. The van der Waals surface area contributed by atoms with Crippen LogP contribution in [0.15, 0.2) is 35.3 Å². The van der Waals surface area contributed by atoms with Crippen molar-refractivity contribution in [3.05, 3.63) is 35.9 Å². The molecular weight excluding hydrogens is 240 g/mol. The summed E-state index contributed by atoms with van der Waals surface area (Å²) >= 11 is 0. The van der Waals surface area contributed by atoms with E-state index in [2.05, 4.69) is 10.3 Å². The molecule has 1 aliphatic rings. The monoisotopic (exact) mass is 260 g/mol. The van der Waals surface area contributed by atoms with Gasteiger partial charge in [-0.2, -0.15) is 0 Å². The predicted octanol–water partition coefficient (Wildman–Crippen LogP) is 2.15. The van der Waals surface area contributed by atoms with E-state index in [-0.39, 0.29) is 17.9 Å². The van der Waals surface area contributed by atoms with Crippen LogP contribution in [0.3, 0.4) is 0 Å². The van der Waals surface area contributed by atoms with Crippen molar-refractivity contribution in [2.75, 3.05) is 6.61 Å². The number of hydrogen-bond donors (Lipinski definition) is 1. The summed E-state index contributed by atoms with van der Waals surface area (Å²) in [6, 6.07) is 10.2. The lowest BCUT2D eigenvalue weighted by atomic mass is 9.97. The summed E-state index contributed by atoms with van der Waals surface area (Å²) in [5.74, 6) is 0.0460. The summed E-state index contributed by atoms with van der Waals surface area (Å²) < 4.78 is 5.63. The summed E-state index contributed by atoms with van der Waals surface area (Å²) in [5.41, 5.74) is 1.16. The third kappa shape index (κ3) is 4.48. The lowest BCUT2D eigenvalue weighted by molar-refractivity contribution is -0.124. The fourth-order valence-electron chi connectivity index (χ4n) is 2.16. The average Bonchev–Trinajstić information content (AvgIpc) is 2.58. The minimum absolute atomic E-state index is 0.00623. The molecule has 4 heteroatoms. The first-order valence-electron chi connectivity index (χ1n) is 6.69. The number of ether oxygens (including phenoxy) is 1. The molecule has 1 N–H and O–H groups in total. The van der Waals surface area contributed by atoms with Crippen molar-refractivity contribution in [2.24, 2.45) is 10.9 Å². The Morgan fingerprint density at radius 2 is 2.16 bits per heavy atom. The largest absolute Gasteiger partial charge is 0.377 e. The summed E-state index contributed by atoms with van der Waals surface area (Å²) in [7, 11) is 0. The van der Waals surface area contributed by atoms with Gasteiger partial charge in [-0.05, 0) is 25.3 Å². The van der Waals surface area contributed by atoms with E-state index in [1.165, 1.54) is 6.34 Å². The molecule has 102 valence electrons. The number of hydrogen-bond acceptors (Lipinski definition) is 3. The lowest BCUT2D eigenvalue weighted by Crippen LogP contribution is -2.29. The molecule has 1 amide bonds. The molecule has 1 aromatic carbocycles.